The van der Waals surface area contributed by atoms with Crippen molar-refractivity contribution in [1.82, 2.24) is 5.32 Å². The molecule has 0 heterocycles. The van der Waals surface area contributed by atoms with Gasteiger partial charge in [-0.3, -0.25) is 9.59 Å². The van der Waals surface area contributed by atoms with Gasteiger partial charge < -0.3 is 10.4 Å². The van der Waals surface area contributed by atoms with E-state index in [2.05, 4.69) is 5.32 Å². The maximum absolute atomic E-state index is 12.5. The van der Waals surface area contributed by atoms with Gasteiger partial charge in [-0.15, -0.1) is 0 Å². The van der Waals surface area contributed by atoms with Gasteiger partial charge in [0.25, 0.3) is 0 Å². The maximum atomic E-state index is 12.5. The summed E-state index contributed by atoms with van der Waals surface area (Å²) in [6, 6.07) is 18.5. The van der Waals surface area contributed by atoms with E-state index in [1.807, 2.05) is 62.4 Å². The van der Waals surface area contributed by atoms with Crippen molar-refractivity contribution >= 4 is 11.9 Å². The Kier molecular flexibility index (Phi) is 5.74. The minimum Gasteiger partial charge on any atom is -0.481 e. The molecule has 0 fully saturated rings. The number of benzene rings is 2. The molecule has 2 atom stereocenters. The molecule has 0 radical (unpaired) electrons. The number of aliphatic carboxylic acids is 1. The van der Waals surface area contributed by atoms with Crippen LogP contribution < -0.4 is 5.32 Å². The van der Waals surface area contributed by atoms with Crippen LogP contribution in [0.25, 0.3) is 0 Å². The van der Waals surface area contributed by atoms with Crippen molar-refractivity contribution in [2.45, 2.75) is 31.6 Å². The van der Waals surface area contributed by atoms with Crippen LogP contribution in [-0.2, 0) is 15.0 Å². The highest BCUT2D eigenvalue weighted by Gasteiger charge is 2.39. The fourth-order valence-corrected chi connectivity index (χ4v) is 2.82. The third-order valence-corrected chi connectivity index (χ3v) is 4.60. The number of amides is 1. The normalized spacial score (nSPS) is 14.4. The van der Waals surface area contributed by atoms with Gasteiger partial charge in [0.2, 0.25) is 5.91 Å². The van der Waals surface area contributed by atoms with Crippen LogP contribution in [0.5, 0.6) is 0 Å². The second kappa shape index (κ2) is 7.77. The predicted molar refractivity (Wildman–Crippen MR) is 93.9 cm³/mol. The lowest BCUT2D eigenvalue weighted by molar-refractivity contribution is -0.144. The van der Waals surface area contributed by atoms with Crippen LogP contribution in [0, 0.1) is 0 Å². The maximum Gasteiger partial charge on any atom is 0.315 e. The third kappa shape index (κ3) is 3.65. The molecule has 4 heteroatoms. The van der Waals surface area contributed by atoms with Crippen LogP contribution in [-0.4, -0.2) is 23.5 Å². The fraction of sp³-hybridized carbons (Fsp3) is 0.300. The van der Waals surface area contributed by atoms with Crippen molar-refractivity contribution < 1.29 is 14.7 Å². The minimum absolute atomic E-state index is 0.0683. The second-order valence-electron chi connectivity index (χ2n) is 5.96. The third-order valence-electron chi connectivity index (χ3n) is 4.60. The Morgan fingerprint density at radius 3 is 2.08 bits per heavy atom. The Morgan fingerprint density at radius 2 is 1.58 bits per heavy atom. The number of carbonyl (C=O) groups excluding carboxylic acids is 1. The summed E-state index contributed by atoms with van der Waals surface area (Å²) in [7, 11) is 0. The monoisotopic (exact) mass is 325 g/mol. The largest absolute Gasteiger partial charge is 0.481 e. The van der Waals surface area contributed by atoms with E-state index in [9.17, 15) is 14.7 Å². The lowest BCUT2D eigenvalue weighted by Crippen LogP contribution is -2.47. The van der Waals surface area contributed by atoms with Gasteiger partial charge in [-0.2, -0.15) is 0 Å². The van der Waals surface area contributed by atoms with E-state index in [1.165, 1.54) is 0 Å². The van der Waals surface area contributed by atoms with Crippen molar-refractivity contribution in [3.8, 4) is 0 Å². The van der Waals surface area contributed by atoms with Crippen molar-refractivity contribution in [2.24, 2.45) is 0 Å². The zero-order valence-electron chi connectivity index (χ0n) is 14.0. The van der Waals surface area contributed by atoms with E-state index in [0.29, 0.717) is 12.0 Å². The van der Waals surface area contributed by atoms with E-state index in [-0.39, 0.29) is 18.4 Å². The average molecular weight is 325 g/mol. The Bertz CT molecular complexity index is 685. The summed E-state index contributed by atoms with van der Waals surface area (Å²) in [5, 5.41) is 12.6. The average Bonchev–Trinajstić information content (AvgIpc) is 2.63. The number of carboxylic acid groups (broad SMARTS) is 1. The molecular formula is C20H23NO3. The van der Waals surface area contributed by atoms with Crippen LogP contribution in [0.15, 0.2) is 60.7 Å². The predicted octanol–water partition coefficient (Wildman–Crippen LogP) is 3.34. The van der Waals surface area contributed by atoms with Crippen LogP contribution in [0.1, 0.15) is 37.3 Å². The first kappa shape index (κ1) is 17.7. The number of hydrogen-bond acceptors (Lipinski definition) is 2. The van der Waals surface area contributed by atoms with Crippen molar-refractivity contribution in [2.75, 3.05) is 6.54 Å². The quantitative estimate of drug-likeness (QED) is 0.820. The molecule has 0 bridgehead atoms. The molecular weight excluding hydrogens is 302 g/mol. The second-order valence-corrected chi connectivity index (χ2v) is 5.96. The summed E-state index contributed by atoms with van der Waals surface area (Å²) >= 11 is 0. The van der Waals surface area contributed by atoms with Gasteiger partial charge in [0.15, 0.2) is 0 Å². The zero-order valence-corrected chi connectivity index (χ0v) is 14.0. The molecule has 2 N–H and O–H groups in total. The molecule has 0 spiro atoms. The van der Waals surface area contributed by atoms with E-state index in [4.69, 9.17) is 0 Å². The van der Waals surface area contributed by atoms with Gasteiger partial charge in [-0.1, -0.05) is 67.6 Å². The molecule has 0 saturated carbocycles. The smallest absolute Gasteiger partial charge is 0.315 e. The van der Waals surface area contributed by atoms with Gasteiger partial charge >= 0.3 is 5.97 Å². The van der Waals surface area contributed by atoms with Crippen molar-refractivity contribution in [3.63, 3.8) is 0 Å². The first-order valence-corrected chi connectivity index (χ1v) is 8.13. The van der Waals surface area contributed by atoms with Gasteiger partial charge in [0.1, 0.15) is 5.41 Å². The molecule has 4 nitrogen and oxygen atoms in total. The van der Waals surface area contributed by atoms with E-state index >= 15 is 0 Å². The number of carboxylic acids is 1. The molecule has 0 aliphatic rings. The van der Waals surface area contributed by atoms with Crippen molar-refractivity contribution in [3.05, 3.63) is 71.8 Å². The van der Waals surface area contributed by atoms with Crippen LogP contribution in [0.2, 0.25) is 0 Å². The van der Waals surface area contributed by atoms with Crippen LogP contribution in [0.3, 0.4) is 0 Å². The number of hydrogen-bond donors (Lipinski definition) is 2. The highest BCUT2D eigenvalue weighted by Crippen LogP contribution is 2.28. The summed E-state index contributed by atoms with van der Waals surface area (Å²) in [6.07, 6.45) is 0.395. The summed E-state index contributed by atoms with van der Waals surface area (Å²) in [5.74, 6) is -1.43. The summed E-state index contributed by atoms with van der Waals surface area (Å²) < 4.78 is 0. The first-order valence-electron chi connectivity index (χ1n) is 8.13. The van der Waals surface area contributed by atoms with E-state index < -0.39 is 11.4 Å². The highest BCUT2D eigenvalue weighted by molar-refractivity contribution is 5.86. The number of nitrogens with one attached hydrogen (secondary N) is 1. The molecule has 1 amide bonds. The Morgan fingerprint density at radius 1 is 1.04 bits per heavy atom. The Hall–Kier alpha value is -2.62. The molecule has 24 heavy (non-hydrogen) atoms. The van der Waals surface area contributed by atoms with E-state index in [0.717, 1.165) is 5.56 Å². The molecule has 2 rings (SSSR count). The Balaban J connectivity index is 2.17. The Labute approximate surface area is 142 Å². The standard InChI is InChI=1S/C20H23NO3/c1-3-20(19(23)24,17-12-8-5-9-13-17)14-21-18(22)15(2)16-10-6-4-7-11-16/h4-13,15H,3,14H2,1-2H3,(H,21,22)(H,23,24)/t15-,20?/m1/s1. The first-order chi connectivity index (χ1) is 11.5. The summed E-state index contributed by atoms with van der Waals surface area (Å²) in [5.41, 5.74) is 0.493. The zero-order chi connectivity index (χ0) is 17.6. The molecule has 2 aromatic carbocycles. The summed E-state index contributed by atoms with van der Waals surface area (Å²) in [4.78, 5) is 24.4. The fourth-order valence-electron chi connectivity index (χ4n) is 2.82. The lowest BCUT2D eigenvalue weighted by Gasteiger charge is -2.29. The van der Waals surface area contributed by atoms with Crippen molar-refractivity contribution in [1.29, 1.82) is 0 Å². The highest BCUT2D eigenvalue weighted by atomic mass is 16.4. The molecule has 0 aliphatic carbocycles. The lowest BCUT2D eigenvalue weighted by atomic mass is 9.78. The topological polar surface area (TPSA) is 66.4 Å². The number of carbonyl (C=O) groups is 2. The molecule has 1 unspecified atom stereocenters. The van der Waals surface area contributed by atoms with Crippen LogP contribution in [0.4, 0.5) is 0 Å². The van der Waals surface area contributed by atoms with Gasteiger partial charge in [0, 0.05) is 6.54 Å². The molecule has 0 saturated heterocycles. The van der Waals surface area contributed by atoms with Gasteiger partial charge in [0.05, 0.1) is 5.92 Å². The van der Waals surface area contributed by atoms with Gasteiger partial charge in [-0.05, 0) is 24.5 Å². The SMILES string of the molecule is CCC(CNC(=O)[C@H](C)c1ccccc1)(C(=O)O)c1ccccc1. The summed E-state index contributed by atoms with van der Waals surface area (Å²) in [6.45, 7) is 3.72. The molecule has 0 aromatic heterocycles. The van der Waals surface area contributed by atoms with Gasteiger partial charge in [-0.25, -0.2) is 0 Å². The van der Waals surface area contributed by atoms with Crippen LogP contribution >= 0.6 is 0 Å². The molecule has 0 aliphatic heterocycles. The van der Waals surface area contributed by atoms with E-state index in [1.54, 1.807) is 12.1 Å². The number of rotatable bonds is 7. The molecule has 126 valence electrons. The minimum atomic E-state index is -1.12. The molecule has 2 aromatic rings.